The number of nitrogens with zero attached hydrogens (tertiary/aromatic N) is 1. The molecule has 74 valence electrons. The van der Waals surface area contributed by atoms with Crippen LogP contribution in [0.5, 0.6) is 0 Å². The highest BCUT2D eigenvalue weighted by atomic mass is 15.0. The quantitative estimate of drug-likeness (QED) is 0.649. The molecule has 15 heavy (non-hydrogen) atoms. The van der Waals surface area contributed by atoms with E-state index in [-0.39, 0.29) is 0 Å². The molecule has 2 aromatic rings. The maximum absolute atomic E-state index is 5.41. The highest BCUT2D eigenvalue weighted by molar-refractivity contribution is 5.81. The van der Waals surface area contributed by atoms with E-state index in [1.54, 1.807) is 0 Å². The van der Waals surface area contributed by atoms with Crippen molar-refractivity contribution in [1.82, 2.24) is 4.57 Å². The maximum atomic E-state index is 5.41. The summed E-state index contributed by atoms with van der Waals surface area (Å²) in [6.45, 7) is 1.15. The molecule has 1 heteroatoms. The summed E-state index contributed by atoms with van der Waals surface area (Å²) in [5.74, 6) is 3.59. The molecule has 1 aliphatic carbocycles. The molecule has 0 radical (unpaired) electrons. The van der Waals surface area contributed by atoms with Crippen LogP contribution in [0, 0.1) is 18.3 Å². The van der Waals surface area contributed by atoms with Gasteiger partial charge in [0.2, 0.25) is 0 Å². The summed E-state index contributed by atoms with van der Waals surface area (Å²) in [5.41, 5.74) is 2.25. The second kappa shape index (κ2) is 3.17. The zero-order valence-electron chi connectivity index (χ0n) is 8.61. The summed E-state index contributed by atoms with van der Waals surface area (Å²) in [4.78, 5) is 0. The monoisotopic (exact) mass is 195 g/mol. The summed E-state index contributed by atoms with van der Waals surface area (Å²) in [7, 11) is 0. The topological polar surface area (TPSA) is 4.93 Å². The van der Waals surface area contributed by atoms with E-state index in [4.69, 9.17) is 6.42 Å². The van der Waals surface area contributed by atoms with Gasteiger partial charge in [-0.3, -0.25) is 0 Å². The van der Waals surface area contributed by atoms with Gasteiger partial charge in [-0.2, -0.15) is 0 Å². The van der Waals surface area contributed by atoms with E-state index in [2.05, 4.69) is 34.9 Å². The van der Waals surface area contributed by atoms with E-state index in [1.807, 2.05) is 6.07 Å². The van der Waals surface area contributed by atoms with Crippen LogP contribution in [0.1, 0.15) is 18.4 Å². The molecule has 1 heterocycles. The van der Waals surface area contributed by atoms with Gasteiger partial charge in [0.25, 0.3) is 0 Å². The molecule has 1 saturated carbocycles. The first-order valence-electron chi connectivity index (χ1n) is 5.42. The molecule has 1 aliphatic rings. The lowest BCUT2D eigenvalue weighted by atomic mass is 10.2. The molecular weight excluding hydrogens is 182 g/mol. The lowest BCUT2D eigenvalue weighted by Gasteiger charge is -2.03. The van der Waals surface area contributed by atoms with Crippen LogP contribution in [0.15, 0.2) is 30.5 Å². The average Bonchev–Trinajstić information content (AvgIpc) is 3.00. The molecule has 1 fully saturated rings. The molecule has 1 nitrogen and oxygen atoms in total. The van der Waals surface area contributed by atoms with E-state index in [9.17, 15) is 0 Å². The zero-order chi connectivity index (χ0) is 10.3. The molecule has 0 amide bonds. The van der Waals surface area contributed by atoms with Crippen LogP contribution in [0.4, 0.5) is 0 Å². The lowest BCUT2D eigenvalue weighted by Crippen LogP contribution is -1.97. The van der Waals surface area contributed by atoms with E-state index in [0.29, 0.717) is 0 Å². The molecule has 0 N–H and O–H groups in total. The van der Waals surface area contributed by atoms with Gasteiger partial charge in [-0.05, 0) is 42.3 Å². The van der Waals surface area contributed by atoms with Crippen LogP contribution in [0.2, 0.25) is 0 Å². The van der Waals surface area contributed by atoms with Gasteiger partial charge in [0, 0.05) is 23.8 Å². The molecule has 0 saturated heterocycles. The van der Waals surface area contributed by atoms with Crippen molar-refractivity contribution in [2.45, 2.75) is 19.4 Å². The number of benzene rings is 1. The fourth-order valence-electron chi connectivity index (χ4n) is 2.01. The molecular formula is C14H13N. The third-order valence-electron chi connectivity index (χ3n) is 3.09. The largest absolute Gasteiger partial charge is 0.347 e. The van der Waals surface area contributed by atoms with Gasteiger partial charge in [0.1, 0.15) is 0 Å². The second-order valence-electron chi connectivity index (χ2n) is 4.33. The Kier molecular flexibility index (Phi) is 1.82. The van der Waals surface area contributed by atoms with Crippen molar-refractivity contribution in [2.75, 3.05) is 0 Å². The number of rotatable bonds is 2. The van der Waals surface area contributed by atoms with Gasteiger partial charge in [-0.15, -0.1) is 6.42 Å². The SMILES string of the molecule is C#Cc1ccc2ccn(CC3CC3)c2c1. The van der Waals surface area contributed by atoms with Crippen LogP contribution in [-0.2, 0) is 6.54 Å². The third kappa shape index (κ3) is 1.53. The third-order valence-corrected chi connectivity index (χ3v) is 3.09. The van der Waals surface area contributed by atoms with Gasteiger partial charge in [0.15, 0.2) is 0 Å². The Labute approximate surface area is 89.7 Å². The van der Waals surface area contributed by atoms with E-state index >= 15 is 0 Å². The van der Waals surface area contributed by atoms with Gasteiger partial charge in [-0.25, -0.2) is 0 Å². The molecule has 1 aromatic heterocycles. The predicted octanol–water partition coefficient (Wildman–Crippen LogP) is 3.03. The highest BCUT2D eigenvalue weighted by Gasteiger charge is 2.21. The molecule has 0 spiro atoms. The van der Waals surface area contributed by atoms with Crippen molar-refractivity contribution in [3.63, 3.8) is 0 Å². The van der Waals surface area contributed by atoms with Gasteiger partial charge in [-0.1, -0.05) is 12.0 Å². The minimum Gasteiger partial charge on any atom is -0.347 e. The van der Waals surface area contributed by atoms with Crippen molar-refractivity contribution >= 4 is 10.9 Å². The van der Waals surface area contributed by atoms with Gasteiger partial charge >= 0.3 is 0 Å². The number of hydrogen-bond acceptors (Lipinski definition) is 0. The summed E-state index contributed by atoms with van der Waals surface area (Å²) in [6, 6.07) is 8.38. The summed E-state index contributed by atoms with van der Waals surface area (Å²) in [5, 5.41) is 1.29. The van der Waals surface area contributed by atoms with E-state index < -0.39 is 0 Å². The lowest BCUT2D eigenvalue weighted by molar-refractivity contribution is 0.647. The first kappa shape index (κ1) is 8.61. The molecule has 0 unspecified atom stereocenters. The van der Waals surface area contributed by atoms with Crippen LogP contribution in [0.3, 0.4) is 0 Å². The minimum absolute atomic E-state index is 0.898. The highest BCUT2D eigenvalue weighted by Crippen LogP contribution is 2.32. The average molecular weight is 195 g/mol. The van der Waals surface area contributed by atoms with Gasteiger partial charge in [0.05, 0.1) is 0 Å². The Bertz CT molecular complexity index is 538. The van der Waals surface area contributed by atoms with E-state index in [1.165, 1.54) is 23.7 Å². The van der Waals surface area contributed by atoms with Crippen LogP contribution >= 0.6 is 0 Å². The Balaban J connectivity index is 2.09. The van der Waals surface area contributed by atoms with Crippen molar-refractivity contribution in [1.29, 1.82) is 0 Å². The first-order chi connectivity index (χ1) is 7.36. The first-order valence-corrected chi connectivity index (χ1v) is 5.42. The molecule has 0 bridgehead atoms. The summed E-state index contributed by atoms with van der Waals surface area (Å²) in [6.07, 6.45) is 10.4. The molecule has 0 aliphatic heterocycles. The maximum Gasteiger partial charge on any atom is 0.0492 e. The number of terminal acetylenes is 1. The van der Waals surface area contributed by atoms with Crippen molar-refractivity contribution in [3.05, 3.63) is 36.0 Å². The van der Waals surface area contributed by atoms with Crippen LogP contribution in [0.25, 0.3) is 10.9 Å². The predicted molar refractivity (Wildman–Crippen MR) is 62.6 cm³/mol. The molecule has 0 atom stereocenters. The van der Waals surface area contributed by atoms with Crippen molar-refractivity contribution in [3.8, 4) is 12.3 Å². The number of aromatic nitrogens is 1. The summed E-state index contributed by atoms with van der Waals surface area (Å²) >= 11 is 0. The summed E-state index contributed by atoms with van der Waals surface area (Å²) < 4.78 is 2.33. The fourth-order valence-corrected chi connectivity index (χ4v) is 2.01. The van der Waals surface area contributed by atoms with E-state index in [0.717, 1.165) is 18.0 Å². The Hall–Kier alpha value is -1.68. The Morgan fingerprint density at radius 1 is 1.33 bits per heavy atom. The molecule has 1 aromatic carbocycles. The smallest absolute Gasteiger partial charge is 0.0492 e. The zero-order valence-corrected chi connectivity index (χ0v) is 8.61. The number of hydrogen-bond donors (Lipinski definition) is 0. The Morgan fingerprint density at radius 2 is 2.20 bits per heavy atom. The second-order valence-corrected chi connectivity index (χ2v) is 4.33. The van der Waals surface area contributed by atoms with Crippen LogP contribution in [-0.4, -0.2) is 4.57 Å². The fraction of sp³-hybridized carbons (Fsp3) is 0.286. The van der Waals surface area contributed by atoms with Crippen molar-refractivity contribution in [2.24, 2.45) is 5.92 Å². The minimum atomic E-state index is 0.898. The standard InChI is InChI=1S/C14H13N/c1-2-11-5-6-13-7-8-15(14(13)9-11)10-12-3-4-12/h1,5-9,12H,3-4,10H2. The Morgan fingerprint density at radius 3 is 2.93 bits per heavy atom. The van der Waals surface area contributed by atoms with Crippen LogP contribution < -0.4 is 0 Å². The van der Waals surface area contributed by atoms with Gasteiger partial charge < -0.3 is 4.57 Å². The molecule has 3 rings (SSSR count). The van der Waals surface area contributed by atoms with Crippen molar-refractivity contribution < 1.29 is 0 Å². The number of fused-ring (bicyclic) bond motifs is 1. The normalized spacial score (nSPS) is 15.4.